The molecule has 0 saturated heterocycles. The lowest BCUT2D eigenvalue weighted by Gasteiger charge is -2.28. The number of nitrogens with one attached hydrogen (secondary N) is 1. The fraction of sp³-hybridized carbons (Fsp3) is 0.478. The molecule has 0 unspecified atom stereocenters. The third-order valence-corrected chi connectivity index (χ3v) is 5.36. The minimum absolute atomic E-state index is 0.0178. The number of anilines is 1. The van der Waals surface area contributed by atoms with E-state index in [2.05, 4.69) is 12.2 Å². The van der Waals surface area contributed by atoms with Crippen molar-refractivity contribution in [3.8, 4) is 0 Å². The first-order valence-electron chi connectivity index (χ1n) is 10.5. The van der Waals surface area contributed by atoms with Gasteiger partial charge in [0.2, 0.25) is 5.91 Å². The fourth-order valence-corrected chi connectivity index (χ4v) is 3.42. The van der Waals surface area contributed by atoms with Crippen LogP contribution in [0.1, 0.15) is 43.9 Å². The second-order valence-corrected chi connectivity index (χ2v) is 7.94. The van der Waals surface area contributed by atoms with Crippen LogP contribution in [0.5, 0.6) is 0 Å². The van der Waals surface area contributed by atoms with E-state index < -0.39 is 0 Å². The highest BCUT2D eigenvalue weighted by Gasteiger charge is 2.34. The van der Waals surface area contributed by atoms with Gasteiger partial charge in [-0.1, -0.05) is 25.5 Å². The molecule has 1 aromatic carbocycles. The molecule has 0 radical (unpaired) electrons. The Hall–Kier alpha value is -2.76. The average Bonchev–Trinajstić information content (AvgIpc) is 3.45. The Balaban J connectivity index is 1.67. The minimum atomic E-state index is -0.216. The van der Waals surface area contributed by atoms with E-state index in [1.807, 2.05) is 66.0 Å². The van der Waals surface area contributed by atoms with Crippen molar-refractivity contribution in [3.63, 3.8) is 0 Å². The Morgan fingerprint density at radius 1 is 1.21 bits per heavy atom. The number of aromatic nitrogens is 1. The van der Waals surface area contributed by atoms with E-state index in [1.165, 1.54) is 0 Å². The SMILES string of the molecule is CCCCN(CC(=O)N(Cc1cccn1C)C1CC1)C(=O)Nc1cccc(C)c1. The number of carbonyl (C=O) groups excluding carboxylic acids is 2. The van der Waals surface area contributed by atoms with E-state index in [0.717, 1.165) is 42.6 Å². The summed E-state index contributed by atoms with van der Waals surface area (Å²) in [6.07, 6.45) is 5.92. The highest BCUT2D eigenvalue weighted by molar-refractivity contribution is 5.92. The van der Waals surface area contributed by atoms with Gasteiger partial charge in [-0.05, 0) is 56.0 Å². The van der Waals surface area contributed by atoms with E-state index in [0.29, 0.717) is 19.1 Å². The third-order valence-electron chi connectivity index (χ3n) is 5.36. The van der Waals surface area contributed by atoms with Crippen molar-refractivity contribution in [1.82, 2.24) is 14.4 Å². The summed E-state index contributed by atoms with van der Waals surface area (Å²) in [4.78, 5) is 29.6. The van der Waals surface area contributed by atoms with Crippen molar-refractivity contribution in [2.24, 2.45) is 7.05 Å². The quantitative estimate of drug-likeness (QED) is 0.692. The Labute approximate surface area is 173 Å². The van der Waals surface area contributed by atoms with Crippen molar-refractivity contribution in [3.05, 3.63) is 53.9 Å². The molecule has 6 nitrogen and oxygen atoms in total. The van der Waals surface area contributed by atoms with E-state index in [4.69, 9.17) is 0 Å². The van der Waals surface area contributed by atoms with Crippen LogP contribution in [0.25, 0.3) is 0 Å². The molecule has 1 fully saturated rings. The van der Waals surface area contributed by atoms with E-state index in [1.54, 1.807) is 4.90 Å². The summed E-state index contributed by atoms with van der Waals surface area (Å²) in [6.45, 7) is 5.35. The molecular weight excluding hydrogens is 364 g/mol. The van der Waals surface area contributed by atoms with Gasteiger partial charge in [-0.15, -0.1) is 0 Å². The molecule has 0 spiro atoms. The molecule has 1 aliphatic carbocycles. The third kappa shape index (κ3) is 5.86. The predicted molar refractivity (Wildman–Crippen MR) is 116 cm³/mol. The Morgan fingerprint density at radius 3 is 2.62 bits per heavy atom. The molecular formula is C23H32N4O2. The zero-order valence-electron chi connectivity index (χ0n) is 17.7. The summed E-state index contributed by atoms with van der Waals surface area (Å²) in [7, 11) is 1.99. The number of unbranched alkanes of at least 4 members (excludes halogenated alkanes) is 1. The number of amides is 3. The number of rotatable bonds is 9. The molecule has 3 rings (SSSR count). The van der Waals surface area contributed by atoms with Crippen molar-refractivity contribution >= 4 is 17.6 Å². The van der Waals surface area contributed by atoms with Gasteiger partial charge >= 0.3 is 6.03 Å². The summed E-state index contributed by atoms with van der Waals surface area (Å²) in [5, 5.41) is 2.95. The van der Waals surface area contributed by atoms with E-state index in [-0.39, 0.29) is 18.5 Å². The maximum atomic E-state index is 13.1. The molecule has 1 N–H and O–H groups in total. The van der Waals surface area contributed by atoms with Crippen molar-refractivity contribution in [1.29, 1.82) is 0 Å². The fourth-order valence-electron chi connectivity index (χ4n) is 3.42. The number of nitrogens with zero attached hydrogens (tertiary/aromatic N) is 3. The van der Waals surface area contributed by atoms with Gasteiger partial charge in [0.25, 0.3) is 0 Å². The molecule has 1 aromatic heterocycles. The first-order valence-corrected chi connectivity index (χ1v) is 10.5. The maximum absolute atomic E-state index is 13.1. The topological polar surface area (TPSA) is 57.6 Å². The molecule has 6 heteroatoms. The van der Waals surface area contributed by atoms with Crippen LogP contribution in [-0.2, 0) is 18.4 Å². The highest BCUT2D eigenvalue weighted by Crippen LogP contribution is 2.28. The second kappa shape index (κ2) is 9.63. The maximum Gasteiger partial charge on any atom is 0.322 e. The molecule has 2 aromatic rings. The van der Waals surface area contributed by atoms with Crippen LogP contribution in [0.15, 0.2) is 42.6 Å². The Morgan fingerprint density at radius 2 is 2.00 bits per heavy atom. The standard InChI is InChI=1S/C23H32N4O2/c1-4-5-14-26(23(29)24-19-9-6-8-18(2)15-19)17-22(28)27(20-11-12-20)16-21-10-7-13-25(21)3/h6-10,13,15,20H,4-5,11-12,14,16-17H2,1-3H3,(H,24,29). The van der Waals surface area contributed by atoms with Gasteiger partial charge in [-0.3, -0.25) is 4.79 Å². The first-order chi connectivity index (χ1) is 14.0. The normalized spacial score (nSPS) is 13.2. The van der Waals surface area contributed by atoms with E-state index in [9.17, 15) is 9.59 Å². The zero-order valence-corrected chi connectivity index (χ0v) is 17.7. The molecule has 1 aliphatic rings. The molecule has 3 amide bonds. The Kier molecular flexibility index (Phi) is 6.96. The number of hydrogen-bond donors (Lipinski definition) is 1. The van der Waals surface area contributed by atoms with E-state index >= 15 is 0 Å². The van der Waals surface area contributed by atoms with Crippen LogP contribution in [0.4, 0.5) is 10.5 Å². The van der Waals surface area contributed by atoms with Crippen LogP contribution < -0.4 is 5.32 Å². The lowest BCUT2D eigenvalue weighted by molar-refractivity contribution is -0.133. The van der Waals surface area contributed by atoms with Gasteiger partial charge in [0.15, 0.2) is 0 Å². The Bertz CT molecular complexity index is 841. The molecule has 0 atom stereocenters. The summed E-state index contributed by atoms with van der Waals surface area (Å²) < 4.78 is 2.04. The van der Waals surface area contributed by atoms with Crippen LogP contribution in [0.2, 0.25) is 0 Å². The van der Waals surface area contributed by atoms with Gasteiger partial charge in [0.1, 0.15) is 6.54 Å². The summed E-state index contributed by atoms with van der Waals surface area (Å²) in [6, 6.07) is 11.8. The van der Waals surface area contributed by atoms with Crippen LogP contribution in [0, 0.1) is 6.92 Å². The molecule has 156 valence electrons. The lowest BCUT2D eigenvalue weighted by atomic mass is 10.2. The van der Waals surface area contributed by atoms with Crippen LogP contribution in [-0.4, -0.2) is 45.4 Å². The summed E-state index contributed by atoms with van der Waals surface area (Å²) in [5.74, 6) is 0.0178. The number of urea groups is 1. The molecule has 1 heterocycles. The second-order valence-electron chi connectivity index (χ2n) is 7.94. The van der Waals surface area contributed by atoms with Gasteiger partial charge in [0, 0.05) is 37.2 Å². The number of aryl methyl sites for hydroxylation is 2. The zero-order chi connectivity index (χ0) is 20.8. The highest BCUT2D eigenvalue weighted by atomic mass is 16.2. The number of benzene rings is 1. The van der Waals surface area contributed by atoms with Gasteiger partial charge in [-0.2, -0.15) is 0 Å². The largest absolute Gasteiger partial charge is 0.353 e. The molecule has 29 heavy (non-hydrogen) atoms. The monoisotopic (exact) mass is 396 g/mol. The molecule has 0 bridgehead atoms. The summed E-state index contributed by atoms with van der Waals surface area (Å²) >= 11 is 0. The molecule has 0 aliphatic heterocycles. The molecule has 1 saturated carbocycles. The van der Waals surface area contributed by atoms with Gasteiger partial charge in [0.05, 0.1) is 6.54 Å². The summed E-state index contributed by atoms with van der Waals surface area (Å²) in [5.41, 5.74) is 2.95. The number of hydrogen-bond acceptors (Lipinski definition) is 2. The first kappa shape index (κ1) is 21.0. The van der Waals surface area contributed by atoms with Crippen molar-refractivity contribution in [2.45, 2.75) is 52.1 Å². The average molecular weight is 397 g/mol. The lowest BCUT2D eigenvalue weighted by Crippen LogP contribution is -2.45. The smallest absolute Gasteiger partial charge is 0.322 e. The minimum Gasteiger partial charge on any atom is -0.353 e. The van der Waals surface area contributed by atoms with Crippen molar-refractivity contribution in [2.75, 3.05) is 18.4 Å². The van der Waals surface area contributed by atoms with Crippen LogP contribution >= 0.6 is 0 Å². The van der Waals surface area contributed by atoms with Crippen LogP contribution in [0.3, 0.4) is 0 Å². The van der Waals surface area contributed by atoms with Crippen molar-refractivity contribution < 1.29 is 9.59 Å². The van der Waals surface area contributed by atoms with Gasteiger partial charge in [-0.25, -0.2) is 4.79 Å². The number of carbonyl (C=O) groups is 2. The van der Waals surface area contributed by atoms with Gasteiger partial charge < -0.3 is 19.7 Å². The predicted octanol–water partition coefficient (Wildman–Crippen LogP) is 4.16.